The molecule has 1 aromatic rings. The van der Waals surface area contributed by atoms with Gasteiger partial charge in [0, 0.05) is 31.8 Å². The minimum atomic E-state index is -0.0616. The summed E-state index contributed by atoms with van der Waals surface area (Å²) >= 11 is 0. The van der Waals surface area contributed by atoms with Gasteiger partial charge in [0.05, 0.1) is 19.8 Å². The van der Waals surface area contributed by atoms with Gasteiger partial charge < -0.3 is 25.4 Å². The van der Waals surface area contributed by atoms with Crippen molar-refractivity contribution in [1.29, 1.82) is 0 Å². The molecule has 0 unspecified atom stereocenters. The van der Waals surface area contributed by atoms with Crippen LogP contribution in [0.25, 0.3) is 0 Å². The first-order valence-corrected chi connectivity index (χ1v) is 7.87. The zero-order valence-corrected chi connectivity index (χ0v) is 16.4. The van der Waals surface area contributed by atoms with Gasteiger partial charge in [-0.25, -0.2) is 0 Å². The van der Waals surface area contributed by atoms with Crippen LogP contribution in [-0.4, -0.2) is 45.2 Å². The molecule has 1 aliphatic heterocycles. The Kier molecular flexibility index (Phi) is 9.28. The van der Waals surface area contributed by atoms with Crippen molar-refractivity contribution >= 4 is 41.5 Å². The number of ether oxygens (including phenoxy) is 2. The van der Waals surface area contributed by atoms with Crippen LogP contribution in [0.3, 0.4) is 0 Å². The van der Waals surface area contributed by atoms with Gasteiger partial charge in [0.15, 0.2) is 17.5 Å². The van der Waals surface area contributed by atoms with Gasteiger partial charge in [-0.15, -0.1) is 24.0 Å². The Morgan fingerprint density at radius 2 is 1.96 bits per heavy atom. The van der Waals surface area contributed by atoms with Crippen molar-refractivity contribution < 1.29 is 14.3 Å². The molecule has 0 aliphatic carbocycles. The molecule has 0 atom stereocenters. The maximum Gasteiger partial charge on any atom is 0.239 e. The van der Waals surface area contributed by atoms with Crippen molar-refractivity contribution in [2.24, 2.45) is 4.99 Å². The smallest absolute Gasteiger partial charge is 0.239 e. The minimum absolute atomic E-state index is 0. The molecular weight excluding hydrogens is 423 g/mol. The first-order valence-electron chi connectivity index (χ1n) is 7.87. The van der Waals surface area contributed by atoms with Crippen LogP contribution < -0.4 is 25.4 Å². The standard InChI is InChI=1S/C16H24N4O3.HI/c1-3-7-18-15(21)11-19-16(17-2)20-12-5-6-13-14(10-12)23-9-4-8-22-13;/h5-6,10H,3-4,7-9,11H2,1-2H3,(H,18,21)(H2,17,19,20);1H. The van der Waals surface area contributed by atoms with Gasteiger partial charge >= 0.3 is 0 Å². The number of nitrogens with zero attached hydrogens (tertiary/aromatic N) is 1. The molecule has 0 saturated carbocycles. The number of halogens is 1. The number of hydrogen-bond acceptors (Lipinski definition) is 4. The molecule has 134 valence electrons. The first-order chi connectivity index (χ1) is 11.2. The normalized spacial score (nSPS) is 13.3. The fourth-order valence-electron chi connectivity index (χ4n) is 2.05. The minimum Gasteiger partial charge on any atom is -0.490 e. The molecule has 7 nitrogen and oxygen atoms in total. The maximum atomic E-state index is 11.6. The second kappa shape index (κ2) is 11.0. The number of hydrogen-bond donors (Lipinski definition) is 3. The average molecular weight is 448 g/mol. The molecule has 0 radical (unpaired) electrons. The highest BCUT2D eigenvalue weighted by atomic mass is 127. The third-order valence-electron chi connectivity index (χ3n) is 3.22. The number of anilines is 1. The van der Waals surface area contributed by atoms with Crippen molar-refractivity contribution in [2.45, 2.75) is 19.8 Å². The molecule has 2 rings (SSSR count). The number of guanidine groups is 1. The van der Waals surface area contributed by atoms with Crippen LogP contribution in [0.15, 0.2) is 23.2 Å². The van der Waals surface area contributed by atoms with Gasteiger partial charge in [-0.3, -0.25) is 9.79 Å². The Balaban J connectivity index is 0.00000288. The molecule has 1 heterocycles. The highest BCUT2D eigenvalue weighted by Gasteiger charge is 2.11. The number of amides is 1. The number of aliphatic imine (C=N–C) groups is 1. The summed E-state index contributed by atoms with van der Waals surface area (Å²) in [6.45, 7) is 4.16. The molecule has 0 aromatic heterocycles. The van der Waals surface area contributed by atoms with Crippen LogP contribution in [0.1, 0.15) is 19.8 Å². The highest BCUT2D eigenvalue weighted by molar-refractivity contribution is 14.0. The summed E-state index contributed by atoms with van der Waals surface area (Å²) in [6, 6.07) is 5.62. The van der Waals surface area contributed by atoms with Crippen molar-refractivity contribution in [2.75, 3.05) is 38.7 Å². The lowest BCUT2D eigenvalue weighted by atomic mass is 10.3. The molecule has 1 amide bonds. The van der Waals surface area contributed by atoms with E-state index >= 15 is 0 Å². The Morgan fingerprint density at radius 3 is 2.67 bits per heavy atom. The van der Waals surface area contributed by atoms with Crippen LogP contribution in [0.5, 0.6) is 11.5 Å². The number of benzene rings is 1. The topological polar surface area (TPSA) is 84.0 Å². The molecule has 1 aliphatic rings. The van der Waals surface area contributed by atoms with Gasteiger partial charge in [0.1, 0.15) is 0 Å². The summed E-state index contributed by atoms with van der Waals surface area (Å²) in [6.07, 6.45) is 1.78. The Hall–Kier alpha value is -1.71. The van der Waals surface area contributed by atoms with Gasteiger partial charge in [-0.1, -0.05) is 6.92 Å². The SMILES string of the molecule is CCCNC(=O)CNC(=NC)Nc1ccc2c(c1)OCCCO2.I. The molecule has 24 heavy (non-hydrogen) atoms. The van der Waals surface area contributed by atoms with Crippen molar-refractivity contribution in [3.05, 3.63) is 18.2 Å². The van der Waals surface area contributed by atoms with Gasteiger partial charge in [-0.05, 0) is 18.6 Å². The van der Waals surface area contributed by atoms with E-state index < -0.39 is 0 Å². The van der Waals surface area contributed by atoms with E-state index in [0.29, 0.717) is 31.5 Å². The summed E-state index contributed by atoms with van der Waals surface area (Å²) in [5, 5.41) is 8.91. The van der Waals surface area contributed by atoms with E-state index in [-0.39, 0.29) is 36.4 Å². The first kappa shape index (κ1) is 20.3. The summed E-state index contributed by atoms with van der Waals surface area (Å²) in [5.74, 6) is 1.91. The predicted molar refractivity (Wildman–Crippen MR) is 106 cm³/mol. The molecule has 0 spiro atoms. The Bertz CT molecular complexity index is 566. The van der Waals surface area contributed by atoms with Crippen molar-refractivity contribution in [1.82, 2.24) is 10.6 Å². The van der Waals surface area contributed by atoms with Crippen LogP contribution >= 0.6 is 24.0 Å². The molecule has 3 N–H and O–H groups in total. The third-order valence-corrected chi connectivity index (χ3v) is 3.22. The highest BCUT2D eigenvalue weighted by Crippen LogP contribution is 2.32. The van der Waals surface area contributed by atoms with Crippen LogP contribution in [0, 0.1) is 0 Å². The fraction of sp³-hybridized carbons (Fsp3) is 0.500. The van der Waals surface area contributed by atoms with Crippen molar-refractivity contribution in [3.63, 3.8) is 0 Å². The van der Waals surface area contributed by atoms with E-state index in [1.54, 1.807) is 7.05 Å². The van der Waals surface area contributed by atoms with Crippen LogP contribution in [-0.2, 0) is 4.79 Å². The molecular formula is C16H25IN4O3. The lowest BCUT2D eigenvalue weighted by molar-refractivity contribution is -0.119. The molecule has 0 saturated heterocycles. The van der Waals surface area contributed by atoms with Crippen LogP contribution in [0.2, 0.25) is 0 Å². The summed E-state index contributed by atoms with van der Waals surface area (Å²) in [4.78, 5) is 15.7. The van der Waals surface area contributed by atoms with E-state index in [2.05, 4.69) is 20.9 Å². The number of rotatable bonds is 5. The van der Waals surface area contributed by atoms with Gasteiger partial charge in [0.2, 0.25) is 5.91 Å². The van der Waals surface area contributed by atoms with Gasteiger partial charge in [0.25, 0.3) is 0 Å². The maximum absolute atomic E-state index is 11.6. The number of carbonyl (C=O) groups is 1. The molecule has 0 fully saturated rings. The summed E-state index contributed by atoms with van der Waals surface area (Å²) in [7, 11) is 1.66. The van der Waals surface area contributed by atoms with Gasteiger partial charge in [-0.2, -0.15) is 0 Å². The Labute approximate surface area is 159 Å². The molecule has 0 bridgehead atoms. The zero-order chi connectivity index (χ0) is 16.5. The number of fused-ring (bicyclic) bond motifs is 1. The molecule has 1 aromatic carbocycles. The van der Waals surface area contributed by atoms with Crippen molar-refractivity contribution in [3.8, 4) is 11.5 Å². The van der Waals surface area contributed by atoms with E-state index in [9.17, 15) is 4.79 Å². The van der Waals surface area contributed by atoms with Crippen LogP contribution in [0.4, 0.5) is 5.69 Å². The monoisotopic (exact) mass is 448 g/mol. The third kappa shape index (κ3) is 6.42. The fourth-order valence-corrected chi connectivity index (χ4v) is 2.05. The quantitative estimate of drug-likeness (QED) is 0.365. The van der Waals surface area contributed by atoms with E-state index in [4.69, 9.17) is 9.47 Å². The number of nitrogens with one attached hydrogen (secondary N) is 3. The lowest BCUT2D eigenvalue weighted by Crippen LogP contribution is -2.40. The lowest BCUT2D eigenvalue weighted by Gasteiger charge is -2.14. The zero-order valence-electron chi connectivity index (χ0n) is 14.1. The summed E-state index contributed by atoms with van der Waals surface area (Å²) < 4.78 is 11.3. The second-order valence-electron chi connectivity index (χ2n) is 5.11. The average Bonchev–Trinajstić information content (AvgIpc) is 2.81. The Morgan fingerprint density at radius 1 is 1.21 bits per heavy atom. The van der Waals surface area contributed by atoms with E-state index in [1.807, 2.05) is 25.1 Å². The summed E-state index contributed by atoms with van der Waals surface area (Å²) in [5.41, 5.74) is 0.816. The van der Waals surface area contributed by atoms with E-state index in [1.165, 1.54) is 0 Å². The largest absolute Gasteiger partial charge is 0.490 e. The van der Waals surface area contributed by atoms with E-state index in [0.717, 1.165) is 24.3 Å². The molecule has 8 heteroatoms. The number of carbonyl (C=O) groups excluding carboxylic acids is 1. The second-order valence-corrected chi connectivity index (χ2v) is 5.11. The predicted octanol–water partition coefficient (Wildman–Crippen LogP) is 1.98.